The molecule has 0 atom stereocenters. The van der Waals surface area contributed by atoms with Crippen LogP contribution < -0.4 is 0 Å². The van der Waals surface area contributed by atoms with Gasteiger partial charge in [-0.3, -0.25) is 4.68 Å². The minimum Gasteiger partial charge on any atom is -0.264 e. The Morgan fingerprint density at radius 2 is 1.84 bits per heavy atom. The fraction of sp³-hybridized carbons (Fsp3) is 0.562. The van der Waals surface area contributed by atoms with Gasteiger partial charge in [-0.05, 0) is 30.1 Å². The fourth-order valence-corrected chi connectivity index (χ4v) is 3.44. The largest absolute Gasteiger partial charge is 0.264 e. The lowest BCUT2D eigenvalue weighted by molar-refractivity contribution is 0.225. The van der Waals surface area contributed by atoms with Crippen LogP contribution in [0.4, 0.5) is 0 Å². The Hall–Kier alpha value is -0.960. The van der Waals surface area contributed by atoms with E-state index in [4.69, 9.17) is 0 Å². The second kappa shape index (κ2) is 6.47. The van der Waals surface area contributed by atoms with E-state index in [2.05, 4.69) is 60.5 Å². The highest BCUT2D eigenvalue weighted by Gasteiger charge is 2.28. The van der Waals surface area contributed by atoms with E-state index in [1.54, 1.807) is 0 Å². The quantitative estimate of drug-likeness (QED) is 0.734. The number of benzene rings is 1. The third-order valence-electron chi connectivity index (χ3n) is 3.93. The molecule has 19 heavy (non-hydrogen) atoms. The van der Waals surface area contributed by atoms with Gasteiger partial charge >= 0.3 is 0 Å². The molecule has 1 heterocycles. The summed E-state index contributed by atoms with van der Waals surface area (Å²) in [6.07, 6.45) is 6.83. The van der Waals surface area contributed by atoms with E-state index in [1.165, 1.54) is 36.6 Å². The van der Waals surface area contributed by atoms with Crippen molar-refractivity contribution < 1.29 is 0 Å². The Morgan fingerprint density at radius 1 is 1.16 bits per heavy atom. The average Bonchev–Trinajstić information content (AvgIpc) is 2.83. The van der Waals surface area contributed by atoms with Crippen LogP contribution in [0.5, 0.6) is 0 Å². The van der Waals surface area contributed by atoms with Crippen LogP contribution in [0.2, 0.25) is 0 Å². The maximum absolute atomic E-state index is 4.63. The third kappa shape index (κ3) is 3.14. The van der Waals surface area contributed by atoms with Crippen molar-refractivity contribution in [2.75, 3.05) is 5.75 Å². The number of hydrogen-bond donors (Lipinski definition) is 1. The van der Waals surface area contributed by atoms with Gasteiger partial charge < -0.3 is 0 Å². The van der Waals surface area contributed by atoms with Crippen LogP contribution in [0.25, 0.3) is 10.9 Å². The summed E-state index contributed by atoms with van der Waals surface area (Å²) < 4.78 is 2.16. The molecule has 0 saturated heterocycles. The first-order valence-corrected chi connectivity index (χ1v) is 7.89. The van der Waals surface area contributed by atoms with Gasteiger partial charge in [0.2, 0.25) is 0 Å². The number of thiol groups is 1. The van der Waals surface area contributed by atoms with Gasteiger partial charge in [-0.2, -0.15) is 17.7 Å². The molecule has 3 heteroatoms. The molecule has 0 bridgehead atoms. The number of rotatable bonds is 7. The molecule has 0 aliphatic carbocycles. The fourth-order valence-electron chi connectivity index (χ4n) is 3.02. The molecule has 0 fully saturated rings. The summed E-state index contributed by atoms with van der Waals surface area (Å²) in [5.41, 5.74) is 1.52. The van der Waals surface area contributed by atoms with E-state index in [-0.39, 0.29) is 5.41 Å². The summed E-state index contributed by atoms with van der Waals surface area (Å²) >= 11 is 4.63. The van der Waals surface area contributed by atoms with Crippen molar-refractivity contribution in [2.24, 2.45) is 5.41 Å². The molecule has 0 N–H and O–H groups in total. The maximum atomic E-state index is 4.63. The van der Waals surface area contributed by atoms with Gasteiger partial charge in [-0.1, -0.05) is 44.9 Å². The summed E-state index contributed by atoms with van der Waals surface area (Å²) in [4.78, 5) is 0. The summed E-state index contributed by atoms with van der Waals surface area (Å²) in [6.45, 7) is 5.50. The molecule has 0 saturated carbocycles. The van der Waals surface area contributed by atoms with Gasteiger partial charge in [0.25, 0.3) is 0 Å². The Kier molecular flexibility index (Phi) is 4.92. The van der Waals surface area contributed by atoms with Gasteiger partial charge in [0.1, 0.15) is 0 Å². The number of aromatic nitrogens is 2. The lowest BCUT2D eigenvalue weighted by Crippen LogP contribution is -2.29. The molecule has 0 aliphatic rings. The van der Waals surface area contributed by atoms with Crippen LogP contribution in [-0.2, 0) is 6.54 Å². The molecule has 1 aromatic carbocycles. The van der Waals surface area contributed by atoms with Gasteiger partial charge in [-0.15, -0.1) is 0 Å². The first-order chi connectivity index (χ1) is 9.24. The van der Waals surface area contributed by atoms with E-state index in [1.807, 2.05) is 6.20 Å². The Morgan fingerprint density at radius 3 is 2.47 bits per heavy atom. The SMILES string of the molecule is CCCC(CS)(CCC)Cn1ncc2ccccc21. The summed E-state index contributed by atoms with van der Waals surface area (Å²) in [6, 6.07) is 8.44. The van der Waals surface area contributed by atoms with E-state index in [0.29, 0.717) is 0 Å². The van der Waals surface area contributed by atoms with Crippen molar-refractivity contribution >= 4 is 23.5 Å². The minimum absolute atomic E-state index is 0.279. The van der Waals surface area contributed by atoms with Crippen LogP contribution in [0.1, 0.15) is 39.5 Å². The summed E-state index contributed by atoms with van der Waals surface area (Å²) in [5, 5.41) is 5.80. The van der Waals surface area contributed by atoms with Crippen molar-refractivity contribution in [1.29, 1.82) is 0 Å². The Labute approximate surface area is 121 Å². The van der Waals surface area contributed by atoms with Gasteiger partial charge in [0.15, 0.2) is 0 Å². The average molecular weight is 276 g/mol. The van der Waals surface area contributed by atoms with E-state index < -0.39 is 0 Å². The van der Waals surface area contributed by atoms with Crippen molar-refractivity contribution in [1.82, 2.24) is 9.78 Å². The molecule has 104 valence electrons. The Bertz CT molecular complexity index is 512. The Balaban J connectivity index is 2.30. The van der Waals surface area contributed by atoms with Crippen molar-refractivity contribution in [2.45, 2.75) is 46.1 Å². The number of hydrogen-bond acceptors (Lipinski definition) is 2. The van der Waals surface area contributed by atoms with E-state index >= 15 is 0 Å². The lowest BCUT2D eigenvalue weighted by atomic mass is 9.81. The smallest absolute Gasteiger partial charge is 0.0682 e. The molecule has 0 radical (unpaired) electrons. The van der Waals surface area contributed by atoms with Gasteiger partial charge in [0, 0.05) is 11.9 Å². The first kappa shape index (κ1) is 14.4. The predicted octanol–water partition coefficient (Wildman–Crippen LogP) is 4.55. The highest BCUT2D eigenvalue weighted by atomic mass is 32.1. The molecule has 0 unspecified atom stereocenters. The van der Waals surface area contributed by atoms with Crippen LogP contribution in [-0.4, -0.2) is 15.5 Å². The van der Waals surface area contributed by atoms with Crippen molar-refractivity contribution in [3.05, 3.63) is 30.5 Å². The first-order valence-electron chi connectivity index (χ1n) is 7.26. The zero-order valence-electron chi connectivity index (χ0n) is 12.0. The summed E-state index contributed by atoms with van der Waals surface area (Å²) in [5.74, 6) is 0.933. The topological polar surface area (TPSA) is 17.8 Å². The number of fused-ring (bicyclic) bond motifs is 1. The molecule has 0 amide bonds. The van der Waals surface area contributed by atoms with Crippen LogP contribution in [0, 0.1) is 5.41 Å². The number of para-hydroxylation sites is 1. The molecular weight excluding hydrogens is 252 g/mol. The normalized spacial score (nSPS) is 12.2. The van der Waals surface area contributed by atoms with Crippen molar-refractivity contribution in [3.8, 4) is 0 Å². The zero-order chi connectivity index (χ0) is 13.7. The number of nitrogens with zero attached hydrogens (tertiary/aromatic N) is 2. The third-order valence-corrected chi connectivity index (χ3v) is 4.60. The molecular formula is C16H24N2S. The zero-order valence-corrected chi connectivity index (χ0v) is 12.9. The lowest BCUT2D eigenvalue weighted by Gasteiger charge is -2.32. The second-order valence-corrected chi connectivity index (χ2v) is 5.84. The molecule has 1 aromatic heterocycles. The summed E-state index contributed by atoms with van der Waals surface area (Å²) in [7, 11) is 0. The van der Waals surface area contributed by atoms with E-state index in [9.17, 15) is 0 Å². The molecule has 0 aliphatic heterocycles. The highest BCUT2D eigenvalue weighted by molar-refractivity contribution is 7.80. The molecule has 2 nitrogen and oxygen atoms in total. The second-order valence-electron chi connectivity index (χ2n) is 5.52. The molecule has 2 rings (SSSR count). The predicted molar refractivity (Wildman–Crippen MR) is 85.8 cm³/mol. The maximum Gasteiger partial charge on any atom is 0.0682 e. The highest BCUT2D eigenvalue weighted by Crippen LogP contribution is 2.34. The minimum atomic E-state index is 0.279. The molecule has 0 spiro atoms. The van der Waals surface area contributed by atoms with E-state index in [0.717, 1.165) is 12.3 Å². The monoisotopic (exact) mass is 276 g/mol. The van der Waals surface area contributed by atoms with Crippen molar-refractivity contribution in [3.63, 3.8) is 0 Å². The standard InChI is InChI=1S/C16H24N2S/c1-3-9-16(13-19,10-4-2)12-18-15-8-6-5-7-14(15)11-17-18/h5-8,11,19H,3-4,9-10,12-13H2,1-2H3. The molecule has 2 aromatic rings. The van der Waals surface area contributed by atoms with Gasteiger partial charge in [-0.25, -0.2) is 0 Å². The van der Waals surface area contributed by atoms with Crippen LogP contribution in [0.3, 0.4) is 0 Å². The van der Waals surface area contributed by atoms with Gasteiger partial charge in [0.05, 0.1) is 11.7 Å². The van der Waals surface area contributed by atoms with Crippen LogP contribution in [0.15, 0.2) is 30.5 Å². The van der Waals surface area contributed by atoms with Crippen LogP contribution >= 0.6 is 12.6 Å².